The van der Waals surface area contributed by atoms with Crippen molar-refractivity contribution in [2.24, 2.45) is 11.8 Å². The van der Waals surface area contributed by atoms with E-state index in [2.05, 4.69) is 13.5 Å². The van der Waals surface area contributed by atoms with E-state index < -0.39 is 5.97 Å². The first kappa shape index (κ1) is 13.0. The fraction of sp³-hybridized carbons (Fsp3) is 0.643. The lowest BCUT2D eigenvalue weighted by atomic mass is 9.74. The molecule has 16 heavy (non-hydrogen) atoms. The Kier molecular flexibility index (Phi) is 4.34. The molecule has 1 N–H and O–H groups in total. The molecule has 0 aromatic carbocycles. The number of hydrogen-bond donors (Lipinski definition) is 1. The Morgan fingerprint density at radius 3 is 2.56 bits per heavy atom. The third-order valence-corrected chi connectivity index (χ3v) is 3.71. The van der Waals surface area contributed by atoms with Crippen LogP contribution < -0.4 is 0 Å². The van der Waals surface area contributed by atoms with Crippen LogP contribution in [0.2, 0.25) is 0 Å². The Bertz CT molecular complexity index is 326. The molecule has 0 aliphatic heterocycles. The van der Waals surface area contributed by atoms with Gasteiger partial charge in [-0.2, -0.15) is 0 Å². The first-order chi connectivity index (χ1) is 7.47. The monoisotopic (exact) mass is 222 g/mol. The van der Waals surface area contributed by atoms with Crippen molar-refractivity contribution in [3.05, 3.63) is 23.3 Å². The SMILES string of the molecule is C=C(C)[C@@H]1CC[C@@H](C)/C(=C(/CC)C(=O)O)C1. The highest BCUT2D eigenvalue weighted by atomic mass is 16.4. The quantitative estimate of drug-likeness (QED) is 0.582. The summed E-state index contributed by atoms with van der Waals surface area (Å²) in [5.41, 5.74) is 2.96. The zero-order chi connectivity index (χ0) is 12.3. The standard InChI is InChI=1S/C14H22O2/c1-5-12(14(15)16)13-8-11(9(2)3)7-6-10(13)4/h10-11H,2,5-8H2,1,3-4H3,(H,15,16)/b13-12-/t10-,11-/m1/s1. The van der Waals surface area contributed by atoms with Crippen LogP contribution in [0.4, 0.5) is 0 Å². The molecule has 0 saturated heterocycles. The molecule has 0 radical (unpaired) electrons. The van der Waals surface area contributed by atoms with Gasteiger partial charge < -0.3 is 5.11 Å². The van der Waals surface area contributed by atoms with E-state index in [0.717, 1.165) is 24.8 Å². The van der Waals surface area contributed by atoms with Gasteiger partial charge >= 0.3 is 5.97 Å². The Hall–Kier alpha value is -1.05. The van der Waals surface area contributed by atoms with E-state index >= 15 is 0 Å². The van der Waals surface area contributed by atoms with Gasteiger partial charge in [-0.1, -0.05) is 31.6 Å². The van der Waals surface area contributed by atoms with Gasteiger partial charge in [0.25, 0.3) is 0 Å². The molecule has 0 amide bonds. The first-order valence-corrected chi connectivity index (χ1v) is 6.07. The Morgan fingerprint density at radius 1 is 1.50 bits per heavy atom. The highest BCUT2D eigenvalue weighted by molar-refractivity contribution is 5.87. The number of carboxylic acids is 1. The Morgan fingerprint density at radius 2 is 2.12 bits per heavy atom. The molecule has 1 saturated carbocycles. The van der Waals surface area contributed by atoms with E-state index in [0.29, 0.717) is 23.8 Å². The fourth-order valence-corrected chi connectivity index (χ4v) is 2.55. The molecule has 90 valence electrons. The molecule has 1 rings (SSSR count). The Labute approximate surface area is 98.1 Å². The van der Waals surface area contributed by atoms with Gasteiger partial charge in [0.15, 0.2) is 0 Å². The summed E-state index contributed by atoms with van der Waals surface area (Å²) >= 11 is 0. The van der Waals surface area contributed by atoms with Crippen molar-refractivity contribution in [1.29, 1.82) is 0 Å². The predicted octanol–water partition coefficient (Wildman–Crippen LogP) is 3.79. The molecule has 0 bridgehead atoms. The van der Waals surface area contributed by atoms with E-state index in [1.807, 2.05) is 13.8 Å². The van der Waals surface area contributed by atoms with Crippen molar-refractivity contribution >= 4 is 5.97 Å². The van der Waals surface area contributed by atoms with Gasteiger partial charge in [-0.05, 0) is 44.4 Å². The van der Waals surface area contributed by atoms with E-state index in [4.69, 9.17) is 0 Å². The summed E-state index contributed by atoms with van der Waals surface area (Å²) < 4.78 is 0. The molecule has 2 nitrogen and oxygen atoms in total. The molecule has 2 heteroatoms. The smallest absolute Gasteiger partial charge is 0.331 e. The van der Waals surface area contributed by atoms with E-state index in [1.54, 1.807) is 0 Å². The van der Waals surface area contributed by atoms with Crippen LogP contribution in [0.5, 0.6) is 0 Å². The summed E-state index contributed by atoms with van der Waals surface area (Å²) in [5.74, 6) is 0.153. The number of carboxylic acid groups (broad SMARTS) is 1. The minimum absolute atomic E-state index is 0.418. The largest absolute Gasteiger partial charge is 0.478 e. The molecule has 0 spiro atoms. The predicted molar refractivity (Wildman–Crippen MR) is 66.3 cm³/mol. The molecule has 1 aliphatic rings. The van der Waals surface area contributed by atoms with Gasteiger partial charge in [0.1, 0.15) is 0 Å². The number of aliphatic carboxylic acids is 1. The first-order valence-electron chi connectivity index (χ1n) is 6.07. The average molecular weight is 222 g/mol. The summed E-state index contributed by atoms with van der Waals surface area (Å²) in [6, 6.07) is 0. The number of hydrogen-bond acceptors (Lipinski definition) is 1. The highest BCUT2D eigenvalue weighted by Crippen LogP contribution is 2.38. The normalized spacial score (nSPS) is 28.7. The maximum atomic E-state index is 11.2. The minimum Gasteiger partial charge on any atom is -0.478 e. The van der Waals surface area contributed by atoms with Crippen molar-refractivity contribution in [3.8, 4) is 0 Å². The average Bonchev–Trinajstić information content (AvgIpc) is 2.20. The van der Waals surface area contributed by atoms with Crippen LogP contribution in [-0.2, 0) is 4.79 Å². The van der Waals surface area contributed by atoms with Gasteiger partial charge in [0.2, 0.25) is 0 Å². The van der Waals surface area contributed by atoms with Crippen LogP contribution in [0.1, 0.15) is 46.5 Å². The molecule has 1 fully saturated rings. The van der Waals surface area contributed by atoms with Crippen LogP contribution >= 0.6 is 0 Å². The van der Waals surface area contributed by atoms with Crippen molar-refractivity contribution in [1.82, 2.24) is 0 Å². The van der Waals surface area contributed by atoms with E-state index in [-0.39, 0.29) is 0 Å². The van der Waals surface area contributed by atoms with Gasteiger partial charge in [0.05, 0.1) is 0 Å². The number of allylic oxidation sites excluding steroid dienone is 2. The van der Waals surface area contributed by atoms with Crippen molar-refractivity contribution < 1.29 is 9.90 Å². The molecule has 0 aromatic heterocycles. The zero-order valence-electron chi connectivity index (χ0n) is 10.5. The van der Waals surface area contributed by atoms with Gasteiger partial charge in [-0.15, -0.1) is 0 Å². The van der Waals surface area contributed by atoms with Crippen molar-refractivity contribution in [2.75, 3.05) is 0 Å². The second kappa shape index (κ2) is 5.33. The Balaban J connectivity index is 2.99. The fourth-order valence-electron chi connectivity index (χ4n) is 2.55. The third-order valence-electron chi connectivity index (χ3n) is 3.71. The van der Waals surface area contributed by atoms with Crippen molar-refractivity contribution in [3.63, 3.8) is 0 Å². The van der Waals surface area contributed by atoms with E-state index in [9.17, 15) is 9.90 Å². The van der Waals surface area contributed by atoms with Crippen LogP contribution in [0, 0.1) is 11.8 Å². The summed E-state index contributed by atoms with van der Waals surface area (Å²) in [4.78, 5) is 11.2. The van der Waals surface area contributed by atoms with E-state index in [1.165, 1.54) is 5.57 Å². The minimum atomic E-state index is -0.744. The van der Waals surface area contributed by atoms with Gasteiger partial charge in [-0.25, -0.2) is 4.79 Å². The lowest BCUT2D eigenvalue weighted by molar-refractivity contribution is -0.132. The molecule has 0 unspecified atom stereocenters. The lowest BCUT2D eigenvalue weighted by Crippen LogP contribution is -2.19. The molecule has 0 heterocycles. The summed E-state index contributed by atoms with van der Waals surface area (Å²) in [5, 5.41) is 9.19. The third kappa shape index (κ3) is 2.75. The zero-order valence-corrected chi connectivity index (χ0v) is 10.5. The van der Waals surface area contributed by atoms with Crippen LogP contribution in [0.25, 0.3) is 0 Å². The highest BCUT2D eigenvalue weighted by Gasteiger charge is 2.26. The van der Waals surface area contributed by atoms with Gasteiger partial charge in [0, 0.05) is 5.57 Å². The number of rotatable bonds is 3. The van der Waals surface area contributed by atoms with Crippen LogP contribution in [0.3, 0.4) is 0 Å². The second-order valence-corrected chi connectivity index (χ2v) is 4.89. The number of carbonyl (C=O) groups is 1. The maximum absolute atomic E-state index is 11.2. The summed E-state index contributed by atoms with van der Waals surface area (Å²) in [7, 11) is 0. The van der Waals surface area contributed by atoms with Gasteiger partial charge in [-0.3, -0.25) is 0 Å². The summed E-state index contributed by atoms with van der Waals surface area (Å²) in [6.45, 7) is 10.1. The molecule has 1 aliphatic carbocycles. The molecular weight excluding hydrogens is 200 g/mol. The lowest BCUT2D eigenvalue weighted by Gasteiger charge is -2.31. The van der Waals surface area contributed by atoms with Crippen LogP contribution in [-0.4, -0.2) is 11.1 Å². The maximum Gasteiger partial charge on any atom is 0.331 e. The van der Waals surface area contributed by atoms with Crippen LogP contribution in [0.15, 0.2) is 23.3 Å². The second-order valence-electron chi connectivity index (χ2n) is 4.89. The molecule has 2 atom stereocenters. The molecule has 0 aromatic rings. The summed E-state index contributed by atoms with van der Waals surface area (Å²) in [6.07, 6.45) is 3.75. The van der Waals surface area contributed by atoms with Crippen molar-refractivity contribution in [2.45, 2.75) is 46.5 Å². The molecular formula is C14H22O2. The topological polar surface area (TPSA) is 37.3 Å².